The lowest BCUT2D eigenvalue weighted by molar-refractivity contribution is 0.112. The van der Waals surface area contributed by atoms with Gasteiger partial charge in [0.25, 0.3) is 0 Å². The molecule has 3 N–H and O–H groups in total. The number of nitriles is 1. The first-order valence-corrected chi connectivity index (χ1v) is 11.8. The highest BCUT2D eigenvalue weighted by atomic mass is 19.1. The number of pyridine rings is 1. The molecule has 9 nitrogen and oxygen atoms in total. The second kappa shape index (κ2) is 11.4. The topological polar surface area (TPSA) is 132 Å². The second-order valence-electron chi connectivity index (χ2n) is 8.86. The maximum Gasteiger partial charge on any atom is 0.181 e. The summed E-state index contributed by atoms with van der Waals surface area (Å²) in [5.41, 5.74) is 3.00. The lowest BCUT2D eigenvalue weighted by Crippen LogP contribution is -2.13. The van der Waals surface area contributed by atoms with E-state index in [0.29, 0.717) is 28.0 Å². The van der Waals surface area contributed by atoms with Gasteiger partial charge in [-0.15, -0.1) is 0 Å². The van der Waals surface area contributed by atoms with Crippen LogP contribution in [0.2, 0.25) is 0 Å². The number of nitrogens with one attached hydrogen (secondary N) is 3. The van der Waals surface area contributed by atoms with Crippen molar-refractivity contribution in [2.45, 2.75) is 19.3 Å². The third kappa shape index (κ3) is 5.70. The highest BCUT2D eigenvalue weighted by Crippen LogP contribution is 2.33. The van der Waals surface area contributed by atoms with Crippen LogP contribution in [-0.4, -0.2) is 38.3 Å². The Bertz CT molecular complexity index is 1680. The van der Waals surface area contributed by atoms with Gasteiger partial charge in [0.05, 0.1) is 23.5 Å². The Morgan fingerprint density at radius 1 is 1.05 bits per heavy atom. The third-order valence-corrected chi connectivity index (χ3v) is 5.91. The summed E-state index contributed by atoms with van der Waals surface area (Å²) in [6.07, 6.45) is 5.19. The van der Waals surface area contributed by atoms with E-state index in [-0.39, 0.29) is 17.2 Å². The van der Waals surface area contributed by atoms with Crippen molar-refractivity contribution >= 4 is 34.6 Å². The normalized spacial score (nSPS) is 10.8. The molecule has 0 bridgehead atoms. The molecule has 0 radical (unpaired) electrons. The lowest BCUT2D eigenvalue weighted by atomic mass is 9.86. The van der Waals surface area contributed by atoms with E-state index < -0.39 is 17.0 Å². The molecule has 2 aromatic carbocycles. The van der Waals surface area contributed by atoms with Crippen molar-refractivity contribution in [2.24, 2.45) is 0 Å². The summed E-state index contributed by atoms with van der Waals surface area (Å²) < 4.78 is 28.7. The average Bonchev–Trinajstić information content (AvgIpc) is 3.45. The number of aldehydes is 1. The summed E-state index contributed by atoms with van der Waals surface area (Å²) in [6, 6.07) is 15.3. The minimum atomic E-state index is -0.738. The van der Waals surface area contributed by atoms with Crippen LogP contribution in [0.15, 0.2) is 67.4 Å². The minimum Gasteiger partial charge on any atom is -0.386 e. The lowest BCUT2D eigenvalue weighted by Gasteiger charge is -2.15. The first kappa shape index (κ1) is 26.8. The van der Waals surface area contributed by atoms with Crippen molar-refractivity contribution in [1.29, 1.82) is 5.26 Å². The van der Waals surface area contributed by atoms with E-state index in [1.54, 1.807) is 37.4 Å². The number of carbonyl (C=O) groups is 1. The highest BCUT2D eigenvalue weighted by molar-refractivity contribution is 5.91. The number of halogens is 2. The molecule has 3 heterocycles. The van der Waals surface area contributed by atoms with Gasteiger partial charge in [0, 0.05) is 24.4 Å². The van der Waals surface area contributed by atoms with Crippen LogP contribution in [-0.2, 0) is 5.41 Å². The summed E-state index contributed by atoms with van der Waals surface area (Å²) in [7, 11) is 1.56. The number of hydrogen-bond donors (Lipinski definition) is 3. The number of hydrogen-bond acceptors (Lipinski definition) is 8. The molecule has 0 saturated carbocycles. The standard InChI is InChI=1S/C17H13F2N7.C11H11NO/c1-20-11-5-4-10(18)14(12(11)19)26-16-9(3-2-6-21-16)13-15-17(24-7-22-13)25-8-23-15;1-11(2,8-12)10-5-3-4-9(6-10)7-13/h2-8,20H,1H3,(H,21,26)(H,22,23,24,25);3-7H,1-2H3. The van der Waals surface area contributed by atoms with Crippen molar-refractivity contribution in [2.75, 3.05) is 17.7 Å². The molecule has 0 fully saturated rings. The fraction of sp³-hybridized carbons (Fsp3) is 0.143. The van der Waals surface area contributed by atoms with Crippen molar-refractivity contribution in [3.05, 3.63) is 90.1 Å². The first-order chi connectivity index (χ1) is 18.8. The van der Waals surface area contributed by atoms with Crippen LogP contribution in [0.1, 0.15) is 29.8 Å². The molecule has 0 saturated heterocycles. The minimum absolute atomic E-state index is 0.171. The van der Waals surface area contributed by atoms with Gasteiger partial charge in [0.2, 0.25) is 0 Å². The quantitative estimate of drug-likeness (QED) is 0.237. The zero-order valence-corrected chi connectivity index (χ0v) is 21.3. The van der Waals surface area contributed by atoms with Crippen LogP contribution < -0.4 is 10.6 Å². The smallest absolute Gasteiger partial charge is 0.181 e. The Morgan fingerprint density at radius 3 is 2.62 bits per heavy atom. The van der Waals surface area contributed by atoms with Gasteiger partial charge in [-0.3, -0.25) is 4.79 Å². The summed E-state index contributed by atoms with van der Waals surface area (Å²) in [4.78, 5) is 30.1. The van der Waals surface area contributed by atoms with Crippen LogP contribution in [0.5, 0.6) is 0 Å². The van der Waals surface area contributed by atoms with Gasteiger partial charge >= 0.3 is 0 Å². The fourth-order valence-electron chi connectivity index (χ4n) is 3.71. The molecule has 0 aliphatic rings. The highest BCUT2D eigenvalue weighted by Gasteiger charge is 2.20. The molecule has 0 spiro atoms. The number of benzene rings is 2. The monoisotopic (exact) mass is 526 g/mol. The maximum absolute atomic E-state index is 14.5. The molecule has 11 heteroatoms. The summed E-state index contributed by atoms with van der Waals surface area (Å²) >= 11 is 0. The van der Waals surface area contributed by atoms with E-state index in [0.717, 1.165) is 11.8 Å². The second-order valence-corrected chi connectivity index (χ2v) is 8.86. The number of fused-ring (bicyclic) bond motifs is 1. The number of imidazole rings is 1. The first-order valence-electron chi connectivity index (χ1n) is 11.8. The Morgan fingerprint density at radius 2 is 1.87 bits per heavy atom. The van der Waals surface area contributed by atoms with Gasteiger partial charge < -0.3 is 15.6 Å². The Kier molecular flexibility index (Phi) is 7.86. The van der Waals surface area contributed by atoms with Crippen LogP contribution >= 0.6 is 0 Å². The van der Waals surface area contributed by atoms with Gasteiger partial charge in [-0.2, -0.15) is 5.26 Å². The molecule has 0 amide bonds. The Labute approximate surface area is 223 Å². The maximum atomic E-state index is 14.5. The van der Waals surface area contributed by atoms with Crippen molar-refractivity contribution in [1.82, 2.24) is 24.9 Å². The molecule has 5 aromatic rings. The summed E-state index contributed by atoms with van der Waals surface area (Å²) in [5, 5.41) is 14.3. The predicted octanol–water partition coefficient (Wildman–Crippen LogP) is 5.78. The average molecular weight is 527 g/mol. The molecule has 0 aliphatic heterocycles. The van der Waals surface area contributed by atoms with E-state index >= 15 is 0 Å². The van der Waals surface area contributed by atoms with Gasteiger partial charge in [-0.25, -0.2) is 28.7 Å². The molecular weight excluding hydrogens is 502 g/mol. The van der Waals surface area contributed by atoms with Crippen molar-refractivity contribution in [3.63, 3.8) is 0 Å². The van der Waals surface area contributed by atoms with Crippen LogP contribution in [0.4, 0.5) is 26.0 Å². The molecule has 0 atom stereocenters. The zero-order valence-electron chi connectivity index (χ0n) is 21.3. The SMILES string of the molecule is CC(C)(C#N)c1cccc(C=O)c1.CNc1ccc(F)c(Nc2ncccc2-c2ncnc3nc[nH]c23)c1F. The largest absolute Gasteiger partial charge is 0.386 e. The van der Waals surface area contributed by atoms with Crippen LogP contribution in [0.3, 0.4) is 0 Å². The number of anilines is 3. The molecular formula is C28H24F2N8O. The van der Waals surface area contributed by atoms with E-state index in [1.807, 2.05) is 19.9 Å². The zero-order chi connectivity index (χ0) is 28.0. The van der Waals surface area contributed by atoms with Gasteiger partial charge in [0.15, 0.2) is 11.5 Å². The number of carbonyl (C=O) groups excluding carboxylic acids is 1. The van der Waals surface area contributed by atoms with Crippen molar-refractivity contribution in [3.8, 4) is 17.3 Å². The molecule has 3 aromatic heterocycles. The van der Waals surface area contributed by atoms with Gasteiger partial charge in [0.1, 0.15) is 41.1 Å². The predicted molar refractivity (Wildman–Crippen MR) is 145 cm³/mol. The van der Waals surface area contributed by atoms with Gasteiger partial charge in [-0.05, 0) is 49.7 Å². The van der Waals surface area contributed by atoms with Gasteiger partial charge in [-0.1, -0.05) is 18.2 Å². The molecule has 0 aliphatic carbocycles. The van der Waals surface area contributed by atoms with E-state index in [1.165, 1.54) is 31.0 Å². The number of rotatable bonds is 6. The van der Waals surface area contributed by atoms with Crippen LogP contribution in [0, 0.1) is 23.0 Å². The van der Waals surface area contributed by atoms with E-state index in [4.69, 9.17) is 5.26 Å². The molecule has 39 heavy (non-hydrogen) atoms. The molecule has 196 valence electrons. The van der Waals surface area contributed by atoms with Crippen LogP contribution in [0.25, 0.3) is 22.4 Å². The number of H-pyrrole nitrogens is 1. The Hall–Kier alpha value is -5.24. The van der Waals surface area contributed by atoms with Crippen molar-refractivity contribution < 1.29 is 13.6 Å². The Balaban J connectivity index is 0.000000229. The van der Waals surface area contributed by atoms with E-state index in [9.17, 15) is 13.6 Å². The summed E-state index contributed by atoms with van der Waals surface area (Å²) in [6.45, 7) is 3.66. The third-order valence-electron chi connectivity index (χ3n) is 5.91. The molecule has 0 unspecified atom stereocenters. The number of aromatic nitrogens is 5. The van der Waals surface area contributed by atoms with E-state index in [2.05, 4.69) is 41.6 Å². The fourth-order valence-corrected chi connectivity index (χ4v) is 3.71. The summed E-state index contributed by atoms with van der Waals surface area (Å²) in [5.74, 6) is -1.21. The number of aromatic amines is 1. The number of nitrogens with zero attached hydrogens (tertiary/aromatic N) is 5. The molecule has 5 rings (SSSR count).